The fraction of sp³-hybridized carbons (Fsp3) is 0.294. The Balaban J connectivity index is 2.74. The van der Waals surface area contributed by atoms with Crippen molar-refractivity contribution >= 4 is 37.6 Å². The number of alkyl halides is 1. The molecular weight excluding hydrogens is 398 g/mol. The number of rotatable bonds is 4. The van der Waals surface area contributed by atoms with Crippen molar-refractivity contribution in [2.75, 3.05) is 0 Å². The Hall–Kier alpha value is -0.880. The average Bonchev–Trinajstić information content (AvgIpc) is 2.45. The molecule has 0 saturated heterocycles. The summed E-state index contributed by atoms with van der Waals surface area (Å²) in [7, 11) is -3.76. The first-order valence-electron chi connectivity index (χ1n) is 7.12. The van der Waals surface area contributed by atoms with Crippen molar-refractivity contribution in [2.45, 2.75) is 36.5 Å². The van der Waals surface area contributed by atoms with Gasteiger partial charge < -0.3 is 0 Å². The molecule has 1 N–H and O–H groups in total. The van der Waals surface area contributed by atoms with E-state index in [0.717, 1.165) is 11.1 Å². The van der Waals surface area contributed by atoms with Crippen LogP contribution in [0.2, 0.25) is 5.02 Å². The lowest BCUT2D eigenvalue weighted by molar-refractivity contribution is 0.491. The molecule has 0 aliphatic carbocycles. The normalized spacial score (nSPS) is 12.4. The molecule has 6 heteroatoms. The highest BCUT2D eigenvalue weighted by Crippen LogP contribution is 2.36. The average molecular weight is 417 g/mol. The van der Waals surface area contributed by atoms with Gasteiger partial charge in [0.15, 0.2) is 0 Å². The predicted molar refractivity (Wildman–Crippen MR) is 99.6 cm³/mol. The zero-order chi connectivity index (χ0) is 17.3. The number of nitrogens with one attached hydrogen (secondary N) is 1. The summed E-state index contributed by atoms with van der Waals surface area (Å²) in [5, 5.41) is 0.735. The van der Waals surface area contributed by atoms with Gasteiger partial charge in [-0.05, 0) is 31.9 Å². The largest absolute Gasteiger partial charge is 0.243 e. The smallest absolute Gasteiger partial charge is 0.207 e. The van der Waals surface area contributed by atoms with E-state index in [1.807, 2.05) is 36.4 Å². The van der Waals surface area contributed by atoms with E-state index in [0.29, 0.717) is 10.9 Å². The molecule has 0 atom stereocenters. The third-order valence-electron chi connectivity index (χ3n) is 3.12. The van der Waals surface area contributed by atoms with Gasteiger partial charge in [0.05, 0.1) is 5.02 Å². The second-order valence-corrected chi connectivity index (χ2v) is 8.83. The van der Waals surface area contributed by atoms with Crippen molar-refractivity contribution in [1.82, 2.24) is 4.72 Å². The van der Waals surface area contributed by atoms with E-state index in [4.69, 9.17) is 11.6 Å². The summed E-state index contributed by atoms with van der Waals surface area (Å²) >= 11 is 9.78. The van der Waals surface area contributed by atoms with Gasteiger partial charge in [-0.1, -0.05) is 70.0 Å². The van der Waals surface area contributed by atoms with Gasteiger partial charge in [-0.3, -0.25) is 0 Å². The maximum atomic E-state index is 12.9. The van der Waals surface area contributed by atoms with Crippen molar-refractivity contribution in [1.29, 1.82) is 0 Å². The Morgan fingerprint density at radius 1 is 1.09 bits per heavy atom. The van der Waals surface area contributed by atoms with Crippen LogP contribution in [0.15, 0.2) is 47.4 Å². The minimum Gasteiger partial charge on any atom is -0.207 e. The van der Waals surface area contributed by atoms with E-state index in [-0.39, 0.29) is 9.92 Å². The third-order valence-corrected chi connectivity index (χ3v) is 6.11. The highest BCUT2D eigenvalue weighted by Gasteiger charge is 2.28. The molecule has 0 aromatic heterocycles. The molecule has 0 bridgehead atoms. The first-order chi connectivity index (χ1) is 10.7. The van der Waals surface area contributed by atoms with E-state index in [2.05, 4.69) is 20.7 Å². The highest BCUT2D eigenvalue weighted by atomic mass is 79.9. The van der Waals surface area contributed by atoms with Crippen LogP contribution in [0.25, 0.3) is 11.1 Å². The highest BCUT2D eigenvalue weighted by molar-refractivity contribution is 9.08. The van der Waals surface area contributed by atoms with Crippen molar-refractivity contribution in [3.8, 4) is 11.1 Å². The van der Waals surface area contributed by atoms with Gasteiger partial charge in [0.25, 0.3) is 0 Å². The second-order valence-electron chi connectivity index (χ2n) is 6.27. The van der Waals surface area contributed by atoms with Crippen LogP contribution >= 0.6 is 27.5 Å². The lowest BCUT2D eigenvalue weighted by Gasteiger charge is -2.23. The van der Waals surface area contributed by atoms with Crippen LogP contribution in [0.3, 0.4) is 0 Å². The molecular formula is C17H19BrClNO2S. The Labute approximate surface area is 151 Å². The molecule has 0 spiro atoms. The number of hydrogen-bond donors (Lipinski definition) is 1. The SMILES string of the molecule is CC(C)(C)NS(=O)(=O)c1c(-c2ccccc2)ccc(CBr)c1Cl. The molecule has 23 heavy (non-hydrogen) atoms. The summed E-state index contributed by atoms with van der Waals surface area (Å²) in [4.78, 5) is 0.122. The van der Waals surface area contributed by atoms with Gasteiger partial charge in [0, 0.05) is 16.4 Å². The molecule has 2 rings (SSSR count). The number of sulfonamides is 1. The monoisotopic (exact) mass is 415 g/mol. The summed E-state index contributed by atoms with van der Waals surface area (Å²) in [6.07, 6.45) is 0. The Morgan fingerprint density at radius 2 is 1.70 bits per heavy atom. The molecule has 0 fully saturated rings. The van der Waals surface area contributed by atoms with E-state index >= 15 is 0 Å². The van der Waals surface area contributed by atoms with E-state index < -0.39 is 15.6 Å². The van der Waals surface area contributed by atoms with Crippen LogP contribution < -0.4 is 4.72 Å². The maximum Gasteiger partial charge on any atom is 0.243 e. The second kappa shape index (κ2) is 6.93. The van der Waals surface area contributed by atoms with Crippen LogP contribution in [-0.4, -0.2) is 14.0 Å². The van der Waals surface area contributed by atoms with Gasteiger partial charge in [-0.25, -0.2) is 13.1 Å². The van der Waals surface area contributed by atoms with Gasteiger partial charge in [-0.2, -0.15) is 0 Å². The van der Waals surface area contributed by atoms with Crippen LogP contribution in [0.4, 0.5) is 0 Å². The van der Waals surface area contributed by atoms with Crippen molar-refractivity contribution < 1.29 is 8.42 Å². The molecule has 0 amide bonds. The predicted octanol–water partition coefficient (Wildman–Crippen LogP) is 4.98. The summed E-state index contributed by atoms with van der Waals surface area (Å²) in [6.45, 7) is 5.40. The molecule has 0 heterocycles. The maximum absolute atomic E-state index is 12.9. The number of benzene rings is 2. The Bertz CT molecular complexity index is 799. The summed E-state index contributed by atoms with van der Waals surface area (Å²) in [5.74, 6) is 0. The number of hydrogen-bond acceptors (Lipinski definition) is 2. The molecule has 0 aliphatic heterocycles. The molecule has 2 aromatic carbocycles. The lowest BCUT2D eigenvalue weighted by Crippen LogP contribution is -2.40. The first kappa shape index (κ1) is 18.5. The minimum absolute atomic E-state index is 0.122. The lowest BCUT2D eigenvalue weighted by atomic mass is 10.0. The first-order valence-corrected chi connectivity index (χ1v) is 10.1. The zero-order valence-electron chi connectivity index (χ0n) is 13.2. The quantitative estimate of drug-likeness (QED) is 0.715. The molecule has 0 unspecified atom stereocenters. The van der Waals surface area contributed by atoms with Crippen LogP contribution in [-0.2, 0) is 15.4 Å². The molecule has 2 aromatic rings. The Kier molecular flexibility index (Phi) is 5.56. The van der Waals surface area contributed by atoms with Gasteiger partial charge in [-0.15, -0.1) is 0 Å². The van der Waals surface area contributed by atoms with Crippen LogP contribution in [0.5, 0.6) is 0 Å². The van der Waals surface area contributed by atoms with Crippen LogP contribution in [0.1, 0.15) is 26.3 Å². The molecule has 0 aliphatic rings. The van der Waals surface area contributed by atoms with E-state index in [1.54, 1.807) is 26.8 Å². The van der Waals surface area contributed by atoms with E-state index in [9.17, 15) is 8.42 Å². The fourth-order valence-corrected chi connectivity index (χ4v) is 5.18. The minimum atomic E-state index is -3.76. The number of halogens is 2. The van der Waals surface area contributed by atoms with Crippen molar-refractivity contribution in [2.24, 2.45) is 0 Å². The van der Waals surface area contributed by atoms with Gasteiger partial charge >= 0.3 is 0 Å². The molecule has 0 saturated carbocycles. The molecule has 3 nitrogen and oxygen atoms in total. The summed E-state index contributed by atoms with van der Waals surface area (Å²) in [5.41, 5.74) is 1.54. The fourth-order valence-electron chi connectivity index (χ4n) is 2.26. The Morgan fingerprint density at radius 3 is 2.22 bits per heavy atom. The van der Waals surface area contributed by atoms with Crippen molar-refractivity contribution in [3.05, 3.63) is 53.1 Å². The topological polar surface area (TPSA) is 46.2 Å². The van der Waals surface area contributed by atoms with Crippen molar-refractivity contribution in [3.63, 3.8) is 0 Å². The van der Waals surface area contributed by atoms with Gasteiger partial charge in [0.2, 0.25) is 10.0 Å². The molecule has 0 radical (unpaired) electrons. The summed E-state index contributed by atoms with van der Waals surface area (Å²) < 4.78 is 28.5. The van der Waals surface area contributed by atoms with Crippen LogP contribution in [0, 0.1) is 0 Å². The van der Waals surface area contributed by atoms with E-state index in [1.165, 1.54) is 0 Å². The third kappa shape index (κ3) is 4.35. The van der Waals surface area contributed by atoms with Gasteiger partial charge in [0.1, 0.15) is 4.90 Å². The standard InChI is InChI=1S/C17H19BrClNO2S/c1-17(2,3)20-23(21,22)16-14(12-7-5-4-6-8-12)10-9-13(11-18)15(16)19/h4-10,20H,11H2,1-3H3. The summed E-state index contributed by atoms with van der Waals surface area (Å²) in [6, 6.07) is 13.0. The molecule has 124 valence electrons. The zero-order valence-corrected chi connectivity index (χ0v) is 16.4.